The predicted octanol–water partition coefficient (Wildman–Crippen LogP) is 5.65. The summed E-state index contributed by atoms with van der Waals surface area (Å²) in [6.45, 7) is 1.11. The molecule has 0 aliphatic rings. The number of rotatable bonds is 7. The largest absolute Gasteiger partial charge is 0.522 e. The molecule has 0 saturated carbocycles. The van der Waals surface area contributed by atoms with Gasteiger partial charge in [0, 0.05) is 30.2 Å². The summed E-state index contributed by atoms with van der Waals surface area (Å²) in [5.41, 5.74) is 6.53. The molecule has 0 fully saturated rings. The number of halogens is 5. The van der Waals surface area contributed by atoms with E-state index in [2.05, 4.69) is 9.72 Å². The van der Waals surface area contributed by atoms with Gasteiger partial charge < -0.3 is 10.5 Å². The molecule has 0 bridgehead atoms. The minimum Gasteiger partial charge on any atom is -0.450 e. The van der Waals surface area contributed by atoms with Crippen LogP contribution in [0.15, 0.2) is 59.8 Å². The second-order valence-electron chi connectivity index (χ2n) is 7.51. The van der Waals surface area contributed by atoms with E-state index in [4.69, 9.17) is 10.5 Å². The average Bonchev–Trinajstić information content (AvgIpc) is 3.15. The molecule has 1 atom stereocenters. The molecular weight excluding hydrogens is 493 g/mol. The molecule has 0 saturated heterocycles. The number of fused-ring (bicyclic) bond motifs is 1. The lowest BCUT2D eigenvalue weighted by atomic mass is 10.1. The van der Waals surface area contributed by atoms with Crippen LogP contribution in [0.4, 0.5) is 27.6 Å². The van der Waals surface area contributed by atoms with Crippen molar-refractivity contribution in [3.8, 4) is 11.5 Å². The monoisotopic (exact) mass is 511 g/mol. The first-order valence-electron chi connectivity index (χ1n) is 10.1. The van der Waals surface area contributed by atoms with Crippen LogP contribution in [0.1, 0.15) is 11.1 Å². The third-order valence-electron chi connectivity index (χ3n) is 4.97. The Balaban J connectivity index is 1.82. The van der Waals surface area contributed by atoms with Crippen molar-refractivity contribution in [3.05, 3.63) is 77.6 Å². The van der Waals surface area contributed by atoms with E-state index in [0.717, 1.165) is 17.7 Å². The Morgan fingerprint density at radius 3 is 2.37 bits per heavy atom. The van der Waals surface area contributed by atoms with Crippen LogP contribution >= 0.6 is 0 Å². The zero-order chi connectivity index (χ0) is 25.3. The van der Waals surface area contributed by atoms with Gasteiger partial charge >= 0.3 is 6.36 Å². The molecule has 0 aliphatic heterocycles. The summed E-state index contributed by atoms with van der Waals surface area (Å²) in [4.78, 5) is 4.61. The summed E-state index contributed by atoms with van der Waals surface area (Å²) < 4.78 is 90.2. The number of nitrogen functional groups attached to an aromatic ring is 1. The van der Waals surface area contributed by atoms with Gasteiger partial charge in [0.1, 0.15) is 5.75 Å². The lowest BCUT2D eigenvalue weighted by molar-refractivity contribution is -0.324. The Morgan fingerprint density at radius 2 is 1.74 bits per heavy atom. The van der Waals surface area contributed by atoms with E-state index in [1.54, 1.807) is 24.3 Å². The van der Waals surface area contributed by atoms with Gasteiger partial charge in [-0.15, -0.1) is 13.2 Å². The van der Waals surface area contributed by atoms with E-state index < -0.39 is 41.3 Å². The number of hydrogen-bond acceptors (Lipinski definition) is 5. The summed E-state index contributed by atoms with van der Waals surface area (Å²) in [6.07, 6.45) is -2.50. The highest BCUT2D eigenvalue weighted by molar-refractivity contribution is 7.83. The first kappa shape index (κ1) is 24.6. The zero-order valence-corrected chi connectivity index (χ0v) is 18.9. The van der Waals surface area contributed by atoms with Gasteiger partial charge in [-0.05, 0) is 37.1 Å². The van der Waals surface area contributed by atoms with Crippen LogP contribution in [-0.4, -0.2) is 26.1 Å². The van der Waals surface area contributed by atoms with Crippen molar-refractivity contribution in [3.63, 3.8) is 0 Å². The highest BCUT2D eigenvalue weighted by Gasteiger charge is 2.29. The highest BCUT2D eigenvalue weighted by atomic mass is 32.2. The lowest BCUT2D eigenvalue weighted by Crippen LogP contribution is -2.15. The fourth-order valence-electron chi connectivity index (χ4n) is 3.40. The van der Waals surface area contributed by atoms with E-state index in [9.17, 15) is 26.2 Å². The van der Waals surface area contributed by atoms with Gasteiger partial charge in [-0.1, -0.05) is 17.7 Å². The standard InChI is InChI=1S/C23H18F5N3O3S/c1-13-2-4-16(5-3-13)35(32)31-12-14(7-9-33-23(26,27)28)20-19(6-8-30-22(20)31)34-21-17(24)10-15(29)11-18(21)25/h2-6,8,10-12H,7,9,29H2,1H3. The molecule has 0 aliphatic carbocycles. The third-order valence-corrected chi connectivity index (χ3v) is 6.28. The normalized spacial score (nSPS) is 12.7. The van der Waals surface area contributed by atoms with Crippen molar-refractivity contribution in [2.45, 2.75) is 24.6 Å². The Morgan fingerprint density at radius 1 is 1.09 bits per heavy atom. The minimum atomic E-state index is -4.85. The summed E-state index contributed by atoms with van der Waals surface area (Å²) in [6, 6.07) is 9.83. The first-order valence-corrected chi connectivity index (χ1v) is 11.2. The summed E-state index contributed by atoms with van der Waals surface area (Å²) >= 11 is 0. The number of aromatic nitrogens is 2. The molecule has 12 heteroatoms. The topological polar surface area (TPSA) is 79.4 Å². The molecule has 184 valence electrons. The van der Waals surface area contributed by atoms with Gasteiger partial charge in [0.25, 0.3) is 0 Å². The quantitative estimate of drug-likeness (QED) is 0.256. The molecule has 1 unspecified atom stereocenters. The van der Waals surface area contributed by atoms with Gasteiger partial charge in [0.15, 0.2) is 34.0 Å². The Labute approximate surface area is 198 Å². The van der Waals surface area contributed by atoms with Crippen molar-refractivity contribution in [2.75, 3.05) is 12.3 Å². The minimum absolute atomic E-state index is 0.0830. The van der Waals surface area contributed by atoms with Crippen LogP contribution < -0.4 is 10.5 Å². The molecule has 2 aromatic heterocycles. The smallest absolute Gasteiger partial charge is 0.450 e. The number of nitrogens with two attached hydrogens (primary N) is 1. The molecular formula is C23H18F5N3O3S. The fourth-order valence-corrected chi connectivity index (χ4v) is 4.52. The van der Waals surface area contributed by atoms with E-state index >= 15 is 0 Å². The van der Waals surface area contributed by atoms with Crippen molar-refractivity contribution in [1.29, 1.82) is 0 Å². The molecule has 0 spiro atoms. The molecule has 2 aromatic carbocycles. The van der Waals surface area contributed by atoms with Crippen LogP contribution in [0.5, 0.6) is 11.5 Å². The van der Waals surface area contributed by atoms with E-state index in [1.165, 1.54) is 22.4 Å². The number of ether oxygens (including phenoxy) is 2. The fraction of sp³-hybridized carbons (Fsp3) is 0.174. The Hall–Kier alpha value is -3.51. The van der Waals surface area contributed by atoms with E-state index in [0.29, 0.717) is 4.90 Å². The Kier molecular flexibility index (Phi) is 6.77. The van der Waals surface area contributed by atoms with Crippen molar-refractivity contribution in [1.82, 2.24) is 8.96 Å². The maximum absolute atomic E-state index is 14.4. The summed E-state index contributed by atoms with van der Waals surface area (Å²) in [5.74, 6) is -3.00. The molecule has 35 heavy (non-hydrogen) atoms. The van der Waals surface area contributed by atoms with E-state index in [-0.39, 0.29) is 34.5 Å². The Bertz CT molecular complexity index is 1380. The second-order valence-corrected chi connectivity index (χ2v) is 8.87. The van der Waals surface area contributed by atoms with Crippen molar-refractivity contribution in [2.24, 2.45) is 0 Å². The molecule has 0 radical (unpaired) electrons. The van der Waals surface area contributed by atoms with Crippen LogP contribution in [-0.2, 0) is 22.1 Å². The van der Waals surface area contributed by atoms with Crippen molar-refractivity contribution >= 4 is 27.7 Å². The predicted molar refractivity (Wildman–Crippen MR) is 119 cm³/mol. The number of aryl methyl sites for hydroxylation is 1. The molecule has 4 rings (SSSR count). The highest BCUT2D eigenvalue weighted by Crippen LogP contribution is 2.36. The number of nitrogens with zero attached hydrogens (tertiary/aromatic N) is 2. The van der Waals surface area contributed by atoms with Crippen LogP contribution in [0.25, 0.3) is 11.0 Å². The first-order chi connectivity index (χ1) is 16.5. The van der Waals surface area contributed by atoms with Crippen LogP contribution in [0.3, 0.4) is 0 Å². The number of pyridine rings is 1. The average molecular weight is 511 g/mol. The number of benzene rings is 2. The molecule has 0 amide bonds. The van der Waals surface area contributed by atoms with Crippen LogP contribution in [0, 0.1) is 18.6 Å². The molecule has 4 aromatic rings. The molecule has 6 nitrogen and oxygen atoms in total. The van der Waals surface area contributed by atoms with Crippen LogP contribution in [0.2, 0.25) is 0 Å². The molecule has 2 heterocycles. The van der Waals surface area contributed by atoms with Gasteiger partial charge in [-0.3, -0.25) is 4.74 Å². The second kappa shape index (κ2) is 9.62. The number of hydrogen-bond donors (Lipinski definition) is 1. The van der Waals surface area contributed by atoms with Gasteiger partial charge in [0.05, 0.1) is 16.9 Å². The lowest BCUT2D eigenvalue weighted by Gasteiger charge is -2.11. The SMILES string of the molecule is Cc1ccc(S(=O)n2cc(CCOC(F)(F)F)c3c(Oc4c(F)cc(N)cc4F)ccnc32)cc1. The zero-order valence-electron chi connectivity index (χ0n) is 18.1. The van der Waals surface area contributed by atoms with E-state index in [1.807, 2.05) is 6.92 Å². The molecule has 2 N–H and O–H groups in total. The van der Waals surface area contributed by atoms with Gasteiger partial charge in [-0.2, -0.15) is 0 Å². The van der Waals surface area contributed by atoms with Gasteiger partial charge in [0.2, 0.25) is 0 Å². The summed E-state index contributed by atoms with van der Waals surface area (Å²) in [7, 11) is -1.83. The summed E-state index contributed by atoms with van der Waals surface area (Å²) in [5, 5.41) is 0.134. The van der Waals surface area contributed by atoms with Gasteiger partial charge in [-0.25, -0.2) is 21.9 Å². The number of anilines is 1. The van der Waals surface area contributed by atoms with Crippen molar-refractivity contribution < 1.29 is 35.6 Å². The number of alkyl halides is 3. The maximum atomic E-state index is 14.4. The maximum Gasteiger partial charge on any atom is 0.522 e. The third kappa shape index (κ3) is 5.43.